The van der Waals surface area contributed by atoms with Gasteiger partial charge in [0.05, 0.1) is 12.1 Å². The number of aryl methyl sites for hydroxylation is 1. The molecule has 6 heteroatoms. The van der Waals surface area contributed by atoms with Crippen LogP contribution in [-0.2, 0) is 13.0 Å². The molecule has 1 amide bonds. The Morgan fingerprint density at radius 3 is 2.86 bits per heavy atom. The summed E-state index contributed by atoms with van der Waals surface area (Å²) in [4.78, 5) is 12.7. The monoisotopic (exact) mass is 374 g/mol. The maximum Gasteiger partial charge on any atom is 0.272 e. The fourth-order valence-corrected chi connectivity index (χ4v) is 3.93. The van der Waals surface area contributed by atoms with Crippen LogP contribution in [0, 0.1) is 0 Å². The van der Waals surface area contributed by atoms with Crippen molar-refractivity contribution in [2.24, 2.45) is 0 Å². The maximum absolute atomic E-state index is 12.7. The smallest absolute Gasteiger partial charge is 0.272 e. The van der Waals surface area contributed by atoms with E-state index in [0.29, 0.717) is 12.3 Å². The number of nitrogens with zero attached hydrogens (tertiary/aromatic N) is 2. The second kappa shape index (κ2) is 7.03. The summed E-state index contributed by atoms with van der Waals surface area (Å²) in [5.74, 6) is 1.63. The van der Waals surface area contributed by atoms with E-state index in [0.717, 1.165) is 36.5 Å². The fraction of sp³-hybridized carbons (Fsp3) is 0.273. The van der Waals surface area contributed by atoms with Crippen LogP contribution in [0.25, 0.3) is 0 Å². The first-order valence-corrected chi connectivity index (χ1v) is 9.67. The zero-order valence-corrected chi connectivity index (χ0v) is 15.5. The van der Waals surface area contributed by atoms with Gasteiger partial charge in [-0.25, -0.2) is 4.68 Å². The van der Waals surface area contributed by atoms with Crippen LogP contribution < -0.4 is 15.4 Å². The lowest BCUT2D eigenvalue weighted by Gasteiger charge is -2.25. The molecule has 2 aliphatic rings. The quantitative estimate of drug-likeness (QED) is 0.739. The topological polar surface area (TPSA) is 68.2 Å². The largest absolute Gasteiger partial charge is 0.491 e. The van der Waals surface area contributed by atoms with Gasteiger partial charge < -0.3 is 15.4 Å². The SMILES string of the molecule is O=C(N[C@H]1COc2ccccc2C1)c1cc2n(n1)CCC(c1ccccc1)N2. The molecule has 1 aromatic heterocycles. The van der Waals surface area contributed by atoms with Crippen LogP contribution in [-0.4, -0.2) is 28.3 Å². The Bertz CT molecular complexity index is 999. The first-order valence-electron chi connectivity index (χ1n) is 9.67. The molecule has 0 fully saturated rings. The molecule has 0 bridgehead atoms. The van der Waals surface area contributed by atoms with E-state index < -0.39 is 0 Å². The zero-order valence-electron chi connectivity index (χ0n) is 15.5. The van der Waals surface area contributed by atoms with Gasteiger partial charge in [-0.3, -0.25) is 4.79 Å². The third-order valence-corrected chi connectivity index (χ3v) is 5.38. The Morgan fingerprint density at radius 2 is 1.96 bits per heavy atom. The highest BCUT2D eigenvalue weighted by molar-refractivity contribution is 5.93. The van der Waals surface area contributed by atoms with Crippen molar-refractivity contribution in [3.63, 3.8) is 0 Å². The van der Waals surface area contributed by atoms with Gasteiger partial charge in [-0.15, -0.1) is 0 Å². The van der Waals surface area contributed by atoms with Gasteiger partial charge in [-0.05, 0) is 30.0 Å². The molecule has 0 radical (unpaired) electrons. The van der Waals surface area contributed by atoms with Crippen LogP contribution in [0.2, 0.25) is 0 Å². The van der Waals surface area contributed by atoms with Crippen molar-refractivity contribution < 1.29 is 9.53 Å². The summed E-state index contributed by atoms with van der Waals surface area (Å²) in [5, 5.41) is 11.1. The average Bonchev–Trinajstić information content (AvgIpc) is 3.18. The van der Waals surface area contributed by atoms with Gasteiger partial charge in [0.1, 0.15) is 18.2 Å². The molecule has 0 aliphatic carbocycles. The first kappa shape index (κ1) is 16.9. The summed E-state index contributed by atoms with van der Waals surface area (Å²) in [6, 6.07) is 20.3. The second-order valence-corrected chi connectivity index (χ2v) is 7.33. The van der Waals surface area contributed by atoms with Gasteiger partial charge >= 0.3 is 0 Å². The van der Waals surface area contributed by atoms with Gasteiger partial charge in [0.15, 0.2) is 5.69 Å². The number of para-hydroxylation sites is 1. The number of hydrogen-bond acceptors (Lipinski definition) is 4. The van der Waals surface area contributed by atoms with Crippen LogP contribution in [0.5, 0.6) is 5.75 Å². The lowest BCUT2D eigenvalue weighted by Crippen LogP contribution is -2.42. The van der Waals surface area contributed by atoms with E-state index in [2.05, 4.69) is 27.9 Å². The summed E-state index contributed by atoms with van der Waals surface area (Å²) < 4.78 is 7.64. The van der Waals surface area contributed by atoms with Gasteiger partial charge in [-0.1, -0.05) is 48.5 Å². The minimum absolute atomic E-state index is 0.0499. The molecule has 28 heavy (non-hydrogen) atoms. The summed E-state index contributed by atoms with van der Waals surface area (Å²) >= 11 is 0. The molecule has 0 saturated carbocycles. The van der Waals surface area contributed by atoms with Crippen molar-refractivity contribution in [1.29, 1.82) is 0 Å². The van der Waals surface area contributed by atoms with Crippen molar-refractivity contribution in [2.45, 2.75) is 31.5 Å². The van der Waals surface area contributed by atoms with Gasteiger partial charge in [0.2, 0.25) is 0 Å². The van der Waals surface area contributed by atoms with Gasteiger partial charge in [-0.2, -0.15) is 5.10 Å². The fourth-order valence-electron chi connectivity index (χ4n) is 3.93. The molecule has 2 atom stereocenters. The molecular formula is C22H22N4O2. The Balaban J connectivity index is 1.27. The minimum atomic E-state index is -0.159. The number of anilines is 1. The number of hydrogen-bond donors (Lipinski definition) is 2. The van der Waals surface area contributed by atoms with Crippen molar-refractivity contribution in [3.05, 3.63) is 77.5 Å². The molecule has 6 nitrogen and oxygen atoms in total. The molecule has 0 saturated heterocycles. The molecular weight excluding hydrogens is 352 g/mol. The molecule has 2 N–H and O–H groups in total. The lowest BCUT2D eigenvalue weighted by atomic mass is 10.0. The number of fused-ring (bicyclic) bond motifs is 2. The lowest BCUT2D eigenvalue weighted by molar-refractivity contribution is 0.0909. The molecule has 2 aliphatic heterocycles. The van der Waals surface area contributed by atoms with Crippen molar-refractivity contribution in [1.82, 2.24) is 15.1 Å². The molecule has 2 aromatic carbocycles. The van der Waals surface area contributed by atoms with E-state index in [1.807, 2.05) is 53.2 Å². The number of nitrogens with one attached hydrogen (secondary N) is 2. The second-order valence-electron chi connectivity index (χ2n) is 7.33. The van der Waals surface area contributed by atoms with E-state index >= 15 is 0 Å². The molecule has 3 aromatic rings. The standard InChI is InChI=1S/C22H22N4O2/c27-22(23-17-12-16-8-4-5-9-20(16)28-14-17)19-13-21-24-18(10-11-26(21)25-19)15-6-2-1-3-7-15/h1-9,13,17-18,24H,10-12,14H2,(H,23,27)/t17-,18?/m1/s1. The Labute approximate surface area is 163 Å². The van der Waals surface area contributed by atoms with E-state index in [1.54, 1.807) is 0 Å². The highest BCUT2D eigenvalue weighted by Crippen LogP contribution is 2.29. The predicted octanol–water partition coefficient (Wildman–Crippen LogP) is 3.17. The van der Waals surface area contributed by atoms with E-state index in [1.165, 1.54) is 5.56 Å². The zero-order chi connectivity index (χ0) is 18.9. The molecule has 142 valence electrons. The third kappa shape index (κ3) is 3.22. The van der Waals surface area contributed by atoms with E-state index in [4.69, 9.17) is 4.74 Å². The maximum atomic E-state index is 12.7. The Morgan fingerprint density at radius 1 is 1.14 bits per heavy atom. The third-order valence-electron chi connectivity index (χ3n) is 5.38. The molecule has 0 spiro atoms. The van der Waals surface area contributed by atoms with E-state index in [9.17, 15) is 4.79 Å². The van der Waals surface area contributed by atoms with Crippen molar-refractivity contribution in [3.8, 4) is 5.75 Å². The summed E-state index contributed by atoms with van der Waals surface area (Å²) in [6.07, 6.45) is 1.71. The van der Waals surface area contributed by atoms with Crippen LogP contribution in [0.3, 0.4) is 0 Å². The Hall–Kier alpha value is -3.28. The van der Waals surface area contributed by atoms with E-state index in [-0.39, 0.29) is 18.0 Å². The van der Waals surface area contributed by atoms with Crippen molar-refractivity contribution in [2.75, 3.05) is 11.9 Å². The van der Waals surface area contributed by atoms with Crippen LogP contribution in [0.4, 0.5) is 5.82 Å². The summed E-state index contributed by atoms with van der Waals surface area (Å²) in [5.41, 5.74) is 2.81. The first-order chi connectivity index (χ1) is 13.8. The van der Waals surface area contributed by atoms with Gasteiger partial charge in [0.25, 0.3) is 5.91 Å². The number of carbonyl (C=O) groups excluding carboxylic acids is 1. The number of rotatable bonds is 3. The number of benzene rings is 2. The average molecular weight is 374 g/mol. The van der Waals surface area contributed by atoms with Gasteiger partial charge in [0, 0.05) is 12.6 Å². The predicted molar refractivity (Wildman–Crippen MR) is 107 cm³/mol. The highest BCUT2D eigenvalue weighted by atomic mass is 16.5. The number of aromatic nitrogens is 2. The summed E-state index contributed by atoms with van der Waals surface area (Å²) in [7, 11) is 0. The minimum Gasteiger partial charge on any atom is -0.491 e. The summed E-state index contributed by atoms with van der Waals surface area (Å²) in [6.45, 7) is 1.26. The van der Waals surface area contributed by atoms with Crippen molar-refractivity contribution >= 4 is 11.7 Å². The molecule has 5 rings (SSSR count). The number of carbonyl (C=O) groups is 1. The van der Waals surface area contributed by atoms with Crippen LogP contribution in [0.1, 0.15) is 34.1 Å². The normalized spacial score (nSPS) is 20.3. The Kier molecular flexibility index (Phi) is 4.24. The molecule has 1 unspecified atom stereocenters. The van der Waals surface area contributed by atoms with Crippen LogP contribution >= 0.6 is 0 Å². The van der Waals surface area contributed by atoms with Crippen LogP contribution in [0.15, 0.2) is 60.7 Å². The number of ether oxygens (including phenoxy) is 1. The molecule has 3 heterocycles. The highest BCUT2D eigenvalue weighted by Gasteiger charge is 2.25. The number of amides is 1.